The predicted octanol–water partition coefficient (Wildman–Crippen LogP) is 5.93. The van der Waals surface area contributed by atoms with Crippen molar-refractivity contribution in [2.24, 2.45) is 41.4 Å². The topological polar surface area (TPSA) is 20.2 Å². The second-order valence-corrected chi connectivity index (χ2v) is 8.02. The monoisotopic (exact) mass is 308 g/mol. The van der Waals surface area contributed by atoms with Crippen LogP contribution in [0.1, 0.15) is 73.1 Å². The van der Waals surface area contributed by atoms with Crippen molar-refractivity contribution in [1.82, 2.24) is 0 Å². The van der Waals surface area contributed by atoms with E-state index in [1.807, 2.05) is 0 Å². The van der Waals surface area contributed by atoms with Crippen LogP contribution in [-0.4, -0.2) is 12.2 Å². The summed E-state index contributed by atoms with van der Waals surface area (Å²) in [6, 6.07) is 0. The van der Waals surface area contributed by atoms with E-state index in [2.05, 4.69) is 27.4 Å². The Bertz CT molecular complexity index is 348. The molecular weight excluding hydrogens is 268 g/mol. The van der Waals surface area contributed by atoms with E-state index in [-0.39, 0.29) is 7.43 Å². The molecule has 7 atom stereocenters. The molecule has 0 saturated heterocycles. The third kappa shape index (κ3) is 3.61. The first-order valence-electron chi connectivity index (χ1n) is 9.24. The van der Waals surface area contributed by atoms with Crippen LogP contribution in [0.25, 0.3) is 0 Å². The van der Waals surface area contributed by atoms with E-state index in [4.69, 9.17) is 5.11 Å². The second kappa shape index (κ2) is 8.52. The van der Waals surface area contributed by atoms with E-state index < -0.39 is 0 Å². The molecule has 1 heteroatoms. The van der Waals surface area contributed by atoms with Crippen LogP contribution in [0, 0.1) is 41.4 Å². The van der Waals surface area contributed by atoms with Gasteiger partial charge in [0.25, 0.3) is 0 Å². The molecule has 3 aliphatic carbocycles. The number of aliphatic hydroxyl groups is 1. The van der Waals surface area contributed by atoms with Crippen LogP contribution in [0.2, 0.25) is 0 Å². The molecule has 0 aromatic rings. The van der Waals surface area contributed by atoms with E-state index >= 15 is 0 Å². The lowest BCUT2D eigenvalue weighted by Gasteiger charge is -2.52. The molecule has 0 heterocycles. The third-order valence-corrected chi connectivity index (χ3v) is 6.92. The fraction of sp³-hybridized carbons (Fsp3) is 0.905. The molecular formula is C21H40O. The minimum atomic E-state index is 0. The van der Waals surface area contributed by atoms with Crippen molar-refractivity contribution < 1.29 is 5.11 Å². The Morgan fingerprint density at radius 3 is 2.32 bits per heavy atom. The minimum Gasteiger partial charge on any atom is -0.400 e. The van der Waals surface area contributed by atoms with Gasteiger partial charge in [-0.3, -0.25) is 0 Å². The number of aliphatic hydroxyl groups excluding tert-OH is 1. The van der Waals surface area contributed by atoms with Crippen LogP contribution < -0.4 is 0 Å². The van der Waals surface area contributed by atoms with E-state index in [9.17, 15) is 0 Å². The Labute approximate surface area is 139 Å². The van der Waals surface area contributed by atoms with E-state index in [1.165, 1.54) is 44.9 Å². The first kappa shape index (κ1) is 19.7. The summed E-state index contributed by atoms with van der Waals surface area (Å²) in [5.41, 5.74) is 1.61. The van der Waals surface area contributed by atoms with Gasteiger partial charge >= 0.3 is 0 Å². The van der Waals surface area contributed by atoms with Gasteiger partial charge in [0.1, 0.15) is 0 Å². The maximum atomic E-state index is 7.00. The fourth-order valence-electron chi connectivity index (χ4n) is 6.07. The van der Waals surface area contributed by atoms with Crippen molar-refractivity contribution in [2.45, 2.75) is 73.1 Å². The molecule has 1 nitrogen and oxygen atoms in total. The number of hydrogen-bond acceptors (Lipinski definition) is 1. The third-order valence-electron chi connectivity index (χ3n) is 6.92. The molecule has 3 aliphatic rings. The van der Waals surface area contributed by atoms with Crippen LogP contribution >= 0.6 is 0 Å². The first-order chi connectivity index (χ1) is 10.1. The van der Waals surface area contributed by atoms with E-state index in [0.717, 1.165) is 48.5 Å². The Balaban J connectivity index is 0.000000775. The molecule has 0 aromatic carbocycles. The molecule has 130 valence electrons. The summed E-state index contributed by atoms with van der Waals surface area (Å²) >= 11 is 0. The summed E-state index contributed by atoms with van der Waals surface area (Å²) < 4.78 is 0. The summed E-state index contributed by atoms with van der Waals surface area (Å²) in [4.78, 5) is 0. The lowest BCUT2D eigenvalue weighted by molar-refractivity contribution is 0.00455. The average molecular weight is 309 g/mol. The Hall–Kier alpha value is -0.300. The van der Waals surface area contributed by atoms with Crippen LogP contribution in [0.3, 0.4) is 0 Å². The van der Waals surface area contributed by atoms with Gasteiger partial charge in [0.05, 0.1) is 0 Å². The SMILES string of the molecule is C.C=C1CC2CC(C)CCC3C(C)CCC(C1CC)C23.CO. The van der Waals surface area contributed by atoms with Crippen LogP contribution in [0.4, 0.5) is 0 Å². The highest BCUT2D eigenvalue weighted by Crippen LogP contribution is 2.57. The standard InChI is InChI=1S/C19H32.CH4O.CH4/c1-5-16-14(4)11-15-10-12(2)6-8-17-13(3)7-9-18(16)19(15)17;1-2;/h12-13,15-19H,4-11H2,1-3H3;2H,1H3;1H4. The number of hydrogen-bond donors (Lipinski definition) is 1. The summed E-state index contributed by atoms with van der Waals surface area (Å²) in [6.45, 7) is 11.9. The molecule has 0 radical (unpaired) electrons. The molecule has 7 unspecified atom stereocenters. The quantitative estimate of drug-likeness (QED) is 0.595. The Morgan fingerprint density at radius 1 is 1.05 bits per heavy atom. The van der Waals surface area contributed by atoms with Crippen LogP contribution in [0.5, 0.6) is 0 Å². The van der Waals surface area contributed by atoms with Crippen molar-refractivity contribution in [2.75, 3.05) is 7.11 Å². The van der Waals surface area contributed by atoms with Gasteiger partial charge in [0, 0.05) is 7.11 Å². The Morgan fingerprint density at radius 2 is 1.68 bits per heavy atom. The summed E-state index contributed by atoms with van der Waals surface area (Å²) in [5, 5.41) is 7.00. The molecule has 1 N–H and O–H groups in total. The lowest BCUT2D eigenvalue weighted by Crippen LogP contribution is -2.44. The van der Waals surface area contributed by atoms with E-state index in [1.54, 1.807) is 5.57 Å². The highest BCUT2D eigenvalue weighted by atomic mass is 16.2. The van der Waals surface area contributed by atoms with Crippen LogP contribution in [-0.2, 0) is 0 Å². The number of rotatable bonds is 1. The molecule has 0 aromatic heterocycles. The highest BCUT2D eigenvalue weighted by molar-refractivity contribution is 5.13. The van der Waals surface area contributed by atoms with Crippen molar-refractivity contribution in [3.8, 4) is 0 Å². The fourth-order valence-corrected chi connectivity index (χ4v) is 6.07. The predicted molar refractivity (Wildman–Crippen MR) is 97.8 cm³/mol. The maximum absolute atomic E-state index is 7.00. The molecule has 3 fully saturated rings. The van der Waals surface area contributed by atoms with Gasteiger partial charge in [-0.1, -0.05) is 53.2 Å². The molecule has 0 amide bonds. The molecule has 22 heavy (non-hydrogen) atoms. The molecule has 0 bridgehead atoms. The van der Waals surface area contributed by atoms with Gasteiger partial charge in [-0.2, -0.15) is 0 Å². The van der Waals surface area contributed by atoms with Crippen molar-refractivity contribution in [3.05, 3.63) is 12.2 Å². The number of allylic oxidation sites excluding steroid dienone is 1. The van der Waals surface area contributed by atoms with Crippen molar-refractivity contribution in [1.29, 1.82) is 0 Å². The Kier molecular flexibility index (Phi) is 7.65. The van der Waals surface area contributed by atoms with Gasteiger partial charge in [0.2, 0.25) is 0 Å². The molecule has 3 saturated carbocycles. The molecule has 0 spiro atoms. The molecule has 0 aliphatic heterocycles. The van der Waals surface area contributed by atoms with Crippen LogP contribution in [0.15, 0.2) is 12.2 Å². The first-order valence-corrected chi connectivity index (χ1v) is 9.24. The van der Waals surface area contributed by atoms with Gasteiger partial charge in [-0.15, -0.1) is 0 Å². The van der Waals surface area contributed by atoms with Gasteiger partial charge < -0.3 is 5.11 Å². The minimum absolute atomic E-state index is 0. The van der Waals surface area contributed by atoms with Crippen molar-refractivity contribution in [3.63, 3.8) is 0 Å². The summed E-state index contributed by atoms with van der Waals surface area (Å²) in [6.07, 6.45) is 10.2. The average Bonchev–Trinajstić information content (AvgIpc) is 2.64. The summed E-state index contributed by atoms with van der Waals surface area (Å²) in [5.74, 6) is 6.84. The zero-order valence-electron chi connectivity index (χ0n) is 14.6. The summed E-state index contributed by atoms with van der Waals surface area (Å²) in [7, 11) is 1.00. The van der Waals surface area contributed by atoms with Gasteiger partial charge in [-0.05, 0) is 73.5 Å². The highest BCUT2D eigenvalue weighted by Gasteiger charge is 2.48. The van der Waals surface area contributed by atoms with Gasteiger partial charge in [-0.25, -0.2) is 0 Å². The van der Waals surface area contributed by atoms with Crippen molar-refractivity contribution >= 4 is 0 Å². The second-order valence-electron chi connectivity index (χ2n) is 8.02. The normalized spacial score (nSPS) is 43.9. The van der Waals surface area contributed by atoms with Gasteiger partial charge in [0.15, 0.2) is 0 Å². The zero-order valence-corrected chi connectivity index (χ0v) is 14.6. The van der Waals surface area contributed by atoms with E-state index in [0.29, 0.717) is 0 Å². The largest absolute Gasteiger partial charge is 0.400 e. The molecule has 3 rings (SSSR count). The maximum Gasteiger partial charge on any atom is 0.0319 e. The smallest absolute Gasteiger partial charge is 0.0319 e. The lowest BCUT2D eigenvalue weighted by atomic mass is 9.53. The zero-order chi connectivity index (χ0) is 15.6.